The smallest absolute Gasteiger partial charge is 0.186 e. The van der Waals surface area contributed by atoms with Crippen molar-refractivity contribution in [1.82, 2.24) is 5.32 Å². The Morgan fingerprint density at radius 3 is 2.21 bits per heavy atom. The van der Waals surface area contributed by atoms with Gasteiger partial charge in [0.05, 0.1) is 18.8 Å². The molecule has 2 rings (SSSR count). The molecule has 0 spiro atoms. The molecule has 0 aromatic carbocycles. The second-order valence-electron chi connectivity index (χ2n) is 8.73. The summed E-state index contributed by atoms with van der Waals surface area (Å²) in [7, 11) is 0. The molecule has 2 saturated heterocycles. The molecule has 2 fully saturated rings. The van der Waals surface area contributed by atoms with Gasteiger partial charge in [-0.2, -0.15) is 0 Å². The van der Waals surface area contributed by atoms with E-state index >= 15 is 0 Å². The van der Waals surface area contributed by atoms with Gasteiger partial charge in [0.1, 0.15) is 61.2 Å². The molecule has 202 valence electrons. The van der Waals surface area contributed by atoms with Gasteiger partial charge in [0, 0.05) is 19.1 Å². The molecule has 2 aliphatic heterocycles. The third-order valence-electron chi connectivity index (χ3n) is 6.33. The molecule has 14 atom stereocenters. The lowest BCUT2D eigenvalue weighted by molar-refractivity contribution is -0.300. The lowest BCUT2D eigenvalue weighted by Crippen LogP contribution is -2.64. The van der Waals surface area contributed by atoms with E-state index in [9.17, 15) is 40.9 Å². The van der Waals surface area contributed by atoms with Gasteiger partial charge in [0.2, 0.25) is 0 Å². The van der Waals surface area contributed by atoms with Crippen LogP contribution in [0.3, 0.4) is 0 Å². The first-order chi connectivity index (χ1) is 16.0. The van der Waals surface area contributed by atoms with Crippen molar-refractivity contribution in [2.24, 2.45) is 17.2 Å². The zero-order valence-electron chi connectivity index (χ0n) is 18.9. The van der Waals surface area contributed by atoms with Crippen LogP contribution < -0.4 is 22.5 Å². The normalized spacial score (nSPS) is 43.1. The summed E-state index contributed by atoms with van der Waals surface area (Å²) in [6, 6.07) is -2.02. The maximum absolute atomic E-state index is 11.0. The summed E-state index contributed by atoms with van der Waals surface area (Å²) in [5.41, 5.74) is 17.7. The Bertz CT molecular complexity index is 609. The van der Waals surface area contributed by atoms with Crippen molar-refractivity contribution in [3.05, 3.63) is 0 Å². The van der Waals surface area contributed by atoms with Crippen LogP contribution in [0.5, 0.6) is 0 Å². The molecule has 34 heavy (non-hydrogen) atoms. The van der Waals surface area contributed by atoms with E-state index < -0.39 is 92.2 Å². The molecule has 0 saturated carbocycles. The van der Waals surface area contributed by atoms with Crippen molar-refractivity contribution in [2.75, 3.05) is 19.7 Å². The van der Waals surface area contributed by atoms with E-state index in [1.54, 1.807) is 6.92 Å². The Morgan fingerprint density at radius 2 is 1.65 bits per heavy atom. The molecule has 0 aromatic rings. The molecule has 15 nitrogen and oxygen atoms in total. The Kier molecular flexibility index (Phi) is 11.4. The summed E-state index contributed by atoms with van der Waals surface area (Å²) in [6.45, 7) is 0.582. The van der Waals surface area contributed by atoms with Crippen molar-refractivity contribution in [2.45, 2.75) is 99.0 Å². The zero-order valence-corrected chi connectivity index (χ0v) is 18.9. The number of rotatable bonds is 10. The van der Waals surface area contributed by atoms with Crippen molar-refractivity contribution in [3.63, 3.8) is 0 Å². The fraction of sp³-hybridized carbons (Fsp3) is 1.00. The predicted octanol–water partition coefficient (Wildman–Crippen LogP) is -7.05. The van der Waals surface area contributed by atoms with Gasteiger partial charge in [-0.1, -0.05) is 6.92 Å². The Labute approximate surface area is 197 Å². The molecule has 0 aliphatic carbocycles. The monoisotopic (exact) mass is 500 g/mol. The average Bonchev–Trinajstić information content (AvgIpc) is 2.92. The molecular formula is C19H40N4O11. The number of ether oxygens (including phenoxy) is 3. The molecule has 2 aliphatic rings. The van der Waals surface area contributed by atoms with Crippen LogP contribution in [0.15, 0.2) is 0 Å². The van der Waals surface area contributed by atoms with Crippen LogP contribution in [0.25, 0.3) is 0 Å². The van der Waals surface area contributed by atoms with E-state index in [0.29, 0.717) is 6.42 Å². The minimum Gasteiger partial charge on any atom is -0.394 e. The number of aliphatic hydroxyl groups excluding tert-OH is 8. The second kappa shape index (κ2) is 13.1. The first-order valence-corrected chi connectivity index (χ1v) is 11.3. The highest BCUT2D eigenvalue weighted by Gasteiger charge is 2.46. The van der Waals surface area contributed by atoms with E-state index in [0.717, 1.165) is 0 Å². The van der Waals surface area contributed by atoms with Gasteiger partial charge < -0.3 is 72.3 Å². The second-order valence-corrected chi connectivity index (χ2v) is 8.73. The minimum atomic E-state index is -1.75. The van der Waals surface area contributed by atoms with Gasteiger partial charge >= 0.3 is 0 Å². The maximum Gasteiger partial charge on any atom is 0.186 e. The highest BCUT2D eigenvalue weighted by molar-refractivity contribution is 4.95. The molecule has 0 amide bonds. The Balaban J connectivity index is 2.18. The standard InChI is InChI=1S/C19H40N4O11/c1-2-6(21)17(34-18-16(31)15(30)11(26)7(25)4-23-18)13(28)8(3-20)32-19-14(29)10(22)12(27)9(5-24)33-19/h6-19,23-31H,2-5,20-22H2,1H3/t6?,7?,8-,9?,10?,11?,12?,13?,14?,15?,16?,17?,18?,19?/m1/s1. The van der Waals surface area contributed by atoms with Crippen molar-refractivity contribution < 1.29 is 55.1 Å². The molecule has 15 heteroatoms. The summed E-state index contributed by atoms with van der Waals surface area (Å²) in [5, 5.41) is 83.6. The van der Waals surface area contributed by atoms with Gasteiger partial charge in [0.15, 0.2) is 6.29 Å². The van der Waals surface area contributed by atoms with Gasteiger partial charge in [-0.25, -0.2) is 0 Å². The van der Waals surface area contributed by atoms with Crippen LogP contribution >= 0.6 is 0 Å². The van der Waals surface area contributed by atoms with Crippen LogP contribution in [0.1, 0.15) is 13.3 Å². The number of nitrogens with one attached hydrogen (secondary N) is 1. The van der Waals surface area contributed by atoms with Gasteiger partial charge in [-0.3, -0.25) is 5.32 Å². The molecule has 0 bridgehead atoms. The molecule has 15 N–H and O–H groups in total. The van der Waals surface area contributed by atoms with Gasteiger partial charge in [-0.15, -0.1) is 0 Å². The van der Waals surface area contributed by atoms with Gasteiger partial charge in [-0.05, 0) is 6.42 Å². The highest BCUT2D eigenvalue weighted by atomic mass is 16.7. The van der Waals surface area contributed by atoms with Crippen molar-refractivity contribution in [1.29, 1.82) is 0 Å². The van der Waals surface area contributed by atoms with Crippen LogP contribution in [0.4, 0.5) is 0 Å². The number of hydrogen-bond donors (Lipinski definition) is 12. The topological polar surface area (TPSA) is 280 Å². The summed E-state index contributed by atoms with van der Waals surface area (Å²) < 4.78 is 16.8. The molecule has 13 unspecified atom stereocenters. The highest BCUT2D eigenvalue weighted by Crippen LogP contribution is 2.25. The molecule has 2 heterocycles. The predicted molar refractivity (Wildman–Crippen MR) is 115 cm³/mol. The van der Waals surface area contributed by atoms with Crippen molar-refractivity contribution >= 4 is 0 Å². The van der Waals surface area contributed by atoms with Crippen LogP contribution in [0.2, 0.25) is 0 Å². The maximum atomic E-state index is 11.0. The fourth-order valence-corrected chi connectivity index (χ4v) is 3.94. The third-order valence-corrected chi connectivity index (χ3v) is 6.33. The zero-order chi connectivity index (χ0) is 25.7. The molecule has 0 radical (unpaired) electrons. The quantitative estimate of drug-likeness (QED) is 0.133. The average molecular weight is 501 g/mol. The SMILES string of the molecule is CCC(N)C(OC1NCC(O)C(O)C(O)C1O)C(O)[C@@H](CN)OC1OC(CO)C(O)C(N)C1O. The third kappa shape index (κ3) is 6.58. The van der Waals surface area contributed by atoms with E-state index in [4.69, 9.17) is 31.4 Å². The molecular weight excluding hydrogens is 460 g/mol. The summed E-state index contributed by atoms with van der Waals surface area (Å²) in [4.78, 5) is 0. The summed E-state index contributed by atoms with van der Waals surface area (Å²) in [6.07, 6.45) is -17.0. The summed E-state index contributed by atoms with van der Waals surface area (Å²) in [5.74, 6) is 0. The van der Waals surface area contributed by atoms with E-state index in [-0.39, 0.29) is 13.1 Å². The lowest BCUT2D eigenvalue weighted by Gasteiger charge is -2.43. The number of aliphatic hydroxyl groups is 8. The van der Waals surface area contributed by atoms with E-state index in [1.807, 2.05) is 0 Å². The van der Waals surface area contributed by atoms with Crippen LogP contribution in [-0.4, -0.2) is 146 Å². The van der Waals surface area contributed by atoms with Crippen molar-refractivity contribution in [3.8, 4) is 0 Å². The Hall–Kier alpha value is -0.600. The largest absolute Gasteiger partial charge is 0.394 e. The van der Waals surface area contributed by atoms with Gasteiger partial charge in [0.25, 0.3) is 0 Å². The first-order valence-electron chi connectivity index (χ1n) is 11.3. The summed E-state index contributed by atoms with van der Waals surface area (Å²) >= 11 is 0. The number of β-amino-alcohol motifs (C(OH)–C–C–N with tert-alkyl or cyclic N) is 1. The first kappa shape index (κ1) is 29.6. The van der Waals surface area contributed by atoms with E-state index in [2.05, 4.69) is 5.32 Å². The number of nitrogens with two attached hydrogens (primary N) is 3. The fourth-order valence-electron chi connectivity index (χ4n) is 3.94. The Morgan fingerprint density at radius 1 is 1.00 bits per heavy atom. The molecule has 0 aromatic heterocycles. The van der Waals surface area contributed by atoms with Crippen LogP contribution in [0, 0.1) is 0 Å². The lowest BCUT2D eigenvalue weighted by atomic mass is 9.96. The van der Waals surface area contributed by atoms with E-state index in [1.165, 1.54) is 0 Å². The van der Waals surface area contributed by atoms with Crippen LogP contribution in [-0.2, 0) is 14.2 Å². The minimum absolute atomic E-state index is 0.230. The number of hydrogen-bond acceptors (Lipinski definition) is 15.